The molecule has 0 aromatic carbocycles. The summed E-state index contributed by atoms with van der Waals surface area (Å²) in [6.07, 6.45) is 1.58. The number of thiol groups is 1. The van der Waals surface area contributed by atoms with Gasteiger partial charge in [0, 0.05) is 19.6 Å². The van der Waals surface area contributed by atoms with Crippen LogP contribution in [0.25, 0.3) is 0 Å². The molecule has 6 nitrogen and oxygen atoms in total. The third-order valence-electron chi connectivity index (χ3n) is 2.65. The maximum atomic E-state index is 5.95. The van der Waals surface area contributed by atoms with Gasteiger partial charge in [0.15, 0.2) is 4.32 Å². The average Bonchev–Trinajstić information content (AvgIpc) is 2.71. The number of likely N-dealkylation sites (N-methyl/N-ethyl adjacent to an activating group) is 1. The smallest absolute Gasteiger partial charge is 0.245 e. The SMILES string of the molecule is CN1CCN(c2ncn(C(=S)S)n2)CC1N. The Bertz CT molecular complexity index is 392. The summed E-state index contributed by atoms with van der Waals surface area (Å²) in [5.41, 5.74) is 5.95. The molecule has 0 bridgehead atoms. The number of nitrogens with zero attached hydrogens (tertiary/aromatic N) is 5. The van der Waals surface area contributed by atoms with Gasteiger partial charge in [-0.3, -0.25) is 4.90 Å². The summed E-state index contributed by atoms with van der Waals surface area (Å²) in [6.45, 7) is 2.49. The lowest BCUT2D eigenvalue weighted by Crippen LogP contribution is -2.56. The molecule has 0 amide bonds. The van der Waals surface area contributed by atoms with Crippen molar-refractivity contribution in [3.8, 4) is 0 Å². The van der Waals surface area contributed by atoms with Crippen LogP contribution in [0.3, 0.4) is 0 Å². The second-order valence-electron chi connectivity index (χ2n) is 3.77. The van der Waals surface area contributed by atoms with Gasteiger partial charge in [-0.25, -0.2) is 4.68 Å². The summed E-state index contributed by atoms with van der Waals surface area (Å²) in [4.78, 5) is 8.34. The van der Waals surface area contributed by atoms with E-state index >= 15 is 0 Å². The topological polar surface area (TPSA) is 63.2 Å². The van der Waals surface area contributed by atoms with Crippen LogP contribution in [0.15, 0.2) is 6.33 Å². The van der Waals surface area contributed by atoms with E-state index < -0.39 is 0 Å². The van der Waals surface area contributed by atoms with Crippen LogP contribution >= 0.6 is 24.8 Å². The first kappa shape index (κ1) is 11.8. The van der Waals surface area contributed by atoms with Gasteiger partial charge in [-0.1, -0.05) is 12.2 Å². The van der Waals surface area contributed by atoms with Gasteiger partial charge < -0.3 is 10.6 Å². The van der Waals surface area contributed by atoms with Crippen molar-refractivity contribution in [1.82, 2.24) is 19.7 Å². The van der Waals surface area contributed by atoms with E-state index in [4.69, 9.17) is 18.0 Å². The van der Waals surface area contributed by atoms with Gasteiger partial charge in [-0.05, 0) is 7.05 Å². The highest BCUT2D eigenvalue weighted by Crippen LogP contribution is 2.11. The van der Waals surface area contributed by atoms with Gasteiger partial charge in [0.05, 0.1) is 6.17 Å². The Labute approximate surface area is 105 Å². The lowest BCUT2D eigenvalue weighted by atomic mass is 10.3. The van der Waals surface area contributed by atoms with Gasteiger partial charge in [0.25, 0.3) is 0 Å². The van der Waals surface area contributed by atoms with Crippen LogP contribution in [0, 0.1) is 0 Å². The molecule has 88 valence electrons. The normalized spacial score (nSPS) is 22.4. The summed E-state index contributed by atoms with van der Waals surface area (Å²) in [5.74, 6) is 0.653. The number of piperazine rings is 1. The van der Waals surface area contributed by atoms with Crippen molar-refractivity contribution >= 4 is 35.1 Å². The summed E-state index contributed by atoms with van der Waals surface area (Å²) >= 11 is 8.93. The van der Waals surface area contributed by atoms with E-state index in [1.807, 2.05) is 11.9 Å². The first-order valence-electron chi connectivity index (χ1n) is 4.93. The van der Waals surface area contributed by atoms with Crippen LogP contribution in [0.2, 0.25) is 0 Å². The van der Waals surface area contributed by atoms with Gasteiger partial charge in [0.2, 0.25) is 5.95 Å². The van der Waals surface area contributed by atoms with E-state index in [0.717, 1.165) is 19.6 Å². The van der Waals surface area contributed by atoms with Crippen LogP contribution in [-0.4, -0.2) is 56.8 Å². The highest BCUT2D eigenvalue weighted by Gasteiger charge is 2.23. The zero-order valence-corrected chi connectivity index (χ0v) is 10.7. The Kier molecular flexibility index (Phi) is 3.43. The fourth-order valence-corrected chi connectivity index (χ4v) is 1.76. The van der Waals surface area contributed by atoms with Gasteiger partial charge in [0.1, 0.15) is 6.33 Å². The molecule has 1 atom stereocenters. The third-order valence-corrected chi connectivity index (χ3v) is 3.05. The highest BCUT2D eigenvalue weighted by molar-refractivity contribution is 8.11. The predicted octanol–water partition coefficient (Wildman–Crippen LogP) is -0.623. The lowest BCUT2D eigenvalue weighted by Gasteiger charge is -2.36. The zero-order chi connectivity index (χ0) is 11.7. The van der Waals surface area contributed by atoms with Crippen molar-refractivity contribution < 1.29 is 0 Å². The van der Waals surface area contributed by atoms with Crippen molar-refractivity contribution in [3.05, 3.63) is 6.33 Å². The van der Waals surface area contributed by atoms with Crippen molar-refractivity contribution in [2.75, 3.05) is 31.6 Å². The lowest BCUT2D eigenvalue weighted by molar-refractivity contribution is 0.222. The summed E-state index contributed by atoms with van der Waals surface area (Å²) in [7, 11) is 2.01. The van der Waals surface area contributed by atoms with Crippen molar-refractivity contribution in [2.24, 2.45) is 5.73 Å². The summed E-state index contributed by atoms with van der Waals surface area (Å²) in [6, 6.07) is 0. The number of anilines is 1. The third kappa shape index (κ3) is 2.34. The maximum Gasteiger partial charge on any atom is 0.245 e. The number of rotatable bonds is 1. The monoisotopic (exact) mass is 258 g/mol. The molecule has 1 fully saturated rings. The largest absolute Gasteiger partial charge is 0.335 e. The summed E-state index contributed by atoms with van der Waals surface area (Å²) in [5, 5.41) is 4.23. The second-order valence-corrected chi connectivity index (χ2v) is 4.88. The van der Waals surface area contributed by atoms with E-state index in [9.17, 15) is 0 Å². The molecule has 1 aromatic rings. The number of hydrogen-bond donors (Lipinski definition) is 2. The van der Waals surface area contributed by atoms with Crippen molar-refractivity contribution in [3.63, 3.8) is 0 Å². The van der Waals surface area contributed by atoms with E-state index in [2.05, 4.69) is 27.6 Å². The Balaban J connectivity index is 2.09. The Morgan fingerprint density at radius 2 is 2.38 bits per heavy atom. The van der Waals surface area contributed by atoms with Crippen LogP contribution in [0.5, 0.6) is 0 Å². The fourth-order valence-electron chi connectivity index (χ4n) is 1.57. The molecular weight excluding hydrogens is 244 g/mol. The van der Waals surface area contributed by atoms with Crippen LogP contribution in [-0.2, 0) is 0 Å². The van der Waals surface area contributed by atoms with Crippen LogP contribution in [0.4, 0.5) is 5.95 Å². The molecule has 2 heterocycles. The molecule has 0 aliphatic carbocycles. The molecule has 2 N–H and O–H groups in total. The Morgan fingerprint density at radius 3 is 2.94 bits per heavy atom. The van der Waals surface area contributed by atoms with E-state index in [0.29, 0.717) is 10.3 Å². The number of thiocarbonyl (C=S) groups is 1. The highest BCUT2D eigenvalue weighted by atomic mass is 32.1. The quantitative estimate of drug-likeness (QED) is 0.517. The maximum absolute atomic E-state index is 5.95. The Morgan fingerprint density at radius 1 is 1.62 bits per heavy atom. The summed E-state index contributed by atoms with van der Waals surface area (Å²) < 4.78 is 1.86. The van der Waals surface area contributed by atoms with Crippen molar-refractivity contribution in [1.29, 1.82) is 0 Å². The van der Waals surface area contributed by atoms with Gasteiger partial charge in [-0.2, -0.15) is 4.98 Å². The molecule has 8 heteroatoms. The molecule has 1 aliphatic heterocycles. The molecule has 2 rings (SSSR count). The molecule has 1 unspecified atom stereocenters. The predicted molar refractivity (Wildman–Crippen MR) is 69.8 cm³/mol. The molecule has 0 saturated carbocycles. The fraction of sp³-hybridized carbons (Fsp3) is 0.625. The number of aromatic nitrogens is 3. The minimum atomic E-state index is 0.0173. The second kappa shape index (κ2) is 4.66. The molecule has 1 aliphatic rings. The van der Waals surface area contributed by atoms with Crippen LogP contribution in [0.1, 0.15) is 0 Å². The van der Waals surface area contributed by atoms with E-state index in [1.54, 1.807) is 6.33 Å². The first-order valence-corrected chi connectivity index (χ1v) is 5.79. The average molecular weight is 258 g/mol. The van der Waals surface area contributed by atoms with E-state index in [-0.39, 0.29) is 6.17 Å². The minimum absolute atomic E-state index is 0.0173. The van der Waals surface area contributed by atoms with Gasteiger partial charge in [-0.15, -0.1) is 17.7 Å². The molecule has 0 radical (unpaired) electrons. The van der Waals surface area contributed by atoms with Crippen molar-refractivity contribution in [2.45, 2.75) is 6.17 Å². The molecular formula is C8H14N6S2. The molecule has 1 saturated heterocycles. The first-order chi connectivity index (χ1) is 7.58. The van der Waals surface area contributed by atoms with Crippen LogP contribution < -0.4 is 10.6 Å². The minimum Gasteiger partial charge on any atom is -0.335 e. The molecule has 0 spiro atoms. The molecule has 16 heavy (non-hydrogen) atoms. The Hall–Kier alpha value is -0.700. The standard InChI is InChI=1S/C8H14N6S2/c1-12-2-3-13(4-6(12)9)7-10-5-14(11-7)8(15)16/h5-6H,2-4,9H2,1H3,(H,15,16). The molecule has 1 aromatic heterocycles. The number of nitrogens with two attached hydrogens (primary N) is 1. The van der Waals surface area contributed by atoms with E-state index in [1.165, 1.54) is 4.68 Å². The number of hydrogen-bond acceptors (Lipinski definition) is 6. The zero-order valence-electron chi connectivity index (χ0n) is 8.94. The van der Waals surface area contributed by atoms with Gasteiger partial charge >= 0.3 is 0 Å².